The highest BCUT2D eigenvalue weighted by Gasteiger charge is 2.15. The number of nitro benzene ring substituents is 1. The van der Waals surface area contributed by atoms with Crippen LogP contribution in [-0.2, 0) is 4.79 Å². The van der Waals surface area contributed by atoms with Gasteiger partial charge >= 0.3 is 0 Å². The summed E-state index contributed by atoms with van der Waals surface area (Å²) in [4.78, 5) is 33.6. The molecule has 0 aliphatic carbocycles. The van der Waals surface area contributed by atoms with Crippen LogP contribution < -0.4 is 16.0 Å². The number of nitrogens with zero attached hydrogens (tertiary/aromatic N) is 1. The van der Waals surface area contributed by atoms with Crippen molar-refractivity contribution in [1.29, 1.82) is 0 Å². The number of hydrogen-bond acceptors (Lipinski definition) is 5. The molecule has 0 radical (unpaired) electrons. The number of carbonyl (C=O) groups excluding carboxylic acids is 2. The normalized spacial score (nSPS) is 9.92. The average molecular weight is 372 g/mol. The van der Waals surface area contributed by atoms with Gasteiger partial charge in [-0.1, -0.05) is 6.07 Å². The Hall–Kier alpha value is -3.33. The van der Waals surface area contributed by atoms with Gasteiger partial charge in [0.1, 0.15) is 0 Å². The summed E-state index contributed by atoms with van der Waals surface area (Å²) in [6.07, 6.45) is 0. The molecule has 134 valence electrons. The smallest absolute Gasteiger partial charge is 0.273 e. The van der Waals surface area contributed by atoms with Crippen molar-refractivity contribution in [3.63, 3.8) is 0 Å². The molecule has 26 heavy (non-hydrogen) atoms. The Morgan fingerprint density at radius 1 is 1.04 bits per heavy atom. The number of carbonyl (C=O) groups is 2. The fourth-order valence-electron chi connectivity index (χ4n) is 2.13. The summed E-state index contributed by atoms with van der Waals surface area (Å²) in [6.45, 7) is 3.00. The van der Waals surface area contributed by atoms with Gasteiger partial charge in [-0.05, 0) is 49.5 Å². The molecule has 0 atom stereocenters. The van der Waals surface area contributed by atoms with E-state index in [2.05, 4.69) is 16.0 Å². The lowest BCUT2D eigenvalue weighted by Gasteiger charge is -2.10. The van der Waals surface area contributed by atoms with Crippen LogP contribution >= 0.6 is 12.2 Å². The fraction of sp³-hybridized carbons (Fsp3) is 0.118. The second-order valence-electron chi connectivity index (χ2n) is 5.43. The Balaban J connectivity index is 2.01. The summed E-state index contributed by atoms with van der Waals surface area (Å²) in [6, 6.07) is 10.9. The molecule has 0 heterocycles. The van der Waals surface area contributed by atoms with Gasteiger partial charge in [0, 0.05) is 35.5 Å². The van der Waals surface area contributed by atoms with E-state index in [1.54, 1.807) is 31.2 Å². The number of benzene rings is 2. The predicted octanol–water partition coefficient (Wildman–Crippen LogP) is 2.99. The Kier molecular flexibility index (Phi) is 5.97. The van der Waals surface area contributed by atoms with Crippen LogP contribution in [0.1, 0.15) is 22.8 Å². The standard InChI is InChI=1S/C17H16N4O4S/c1-10-3-4-12(9-15(10)21(24)25)16(23)20-17(26)19-14-7-5-13(6-8-14)18-11(2)22/h3-9H,1-2H3,(H,18,22)(H2,19,20,23,26). The molecule has 2 rings (SSSR count). The zero-order valence-corrected chi connectivity index (χ0v) is 14.8. The summed E-state index contributed by atoms with van der Waals surface area (Å²) >= 11 is 5.08. The third-order valence-electron chi connectivity index (χ3n) is 3.36. The van der Waals surface area contributed by atoms with Crippen molar-refractivity contribution in [2.24, 2.45) is 0 Å². The van der Waals surface area contributed by atoms with Gasteiger partial charge in [0.2, 0.25) is 5.91 Å². The summed E-state index contributed by atoms with van der Waals surface area (Å²) in [7, 11) is 0. The van der Waals surface area contributed by atoms with Gasteiger partial charge in [0.05, 0.1) is 4.92 Å². The third kappa shape index (κ3) is 5.08. The van der Waals surface area contributed by atoms with Gasteiger partial charge in [0.15, 0.2) is 5.11 Å². The molecule has 0 aliphatic heterocycles. The number of thiocarbonyl (C=S) groups is 1. The molecule has 2 aromatic carbocycles. The highest BCUT2D eigenvalue weighted by atomic mass is 32.1. The number of amides is 2. The van der Waals surface area contributed by atoms with Crippen molar-refractivity contribution in [3.8, 4) is 0 Å². The highest BCUT2D eigenvalue weighted by Crippen LogP contribution is 2.19. The number of nitro groups is 1. The number of rotatable bonds is 4. The van der Waals surface area contributed by atoms with E-state index in [0.29, 0.717) is 16.9 Å². The van der Waals surface area contributed by atoms with Crippen molar-refractivity contribution in [2.45, 2.75) is 13.8 Å². The van der Waals surface area contributed by atoms with E-state index in [1.165, 1.54) is 25.1 Å². The van der Waals surface area contributed by atoms with E-state index in [1.807, 2.05) is 0 Å². The molecule has 8 nitrogen and oxygen atoms in total. The number of nitrogens with one attached hydrogen (secondary N) is 3. The van der Waals surface area contributed by atoms with Gasteiger partial charge in [-0.2, -0.15) is 0 Å². The minimum absolute atomic E-state index is 0.0468. The maximum atomic E-state index is 12.2. The summed E-state index contributed by atoms with van der Waals surface area (Å²) < 4.78 is 0. The average Bonchev–Trinajstić information content (AvgIpc) is 2.56. The lowest BCUT2D eigenvalue weighted by Crippen LogP contribution is -2.34. The molecular formula is C17H16N4O4S. The first-order chi connectivity index (χ1) is 12.3. The minimum atomic E-state index is -0.555. The van der Waals surface area contributed by atoms with E-state index in [9.17, 15) is 19.7 Å². The topological polar surface area (TPSA) is 113 Å². The molecular weight excluding hydrogens is 356 g/mol. The van der Waals surface area contributed by atoms with Gasteiger partial charge in [-0.25, -0.2) is 0 Å². The quantitative estimate of drug-likeness (QED) is 0.432. The molecule has 0 fully saturated rings. The Bertz CT molecular complexity index is 881. The maximum absolute atomic E-state index is 12.2. The zero-order chi connectivity index (χ0) is 19.3. The summed E-state index contributed by atoms with van der Waals surface area (Å²) in [5, 5.41) is 18.9. The first-order valence-electron chi connectivity index (χ1n) is 7.51. The summed E-state index contributed by atoms with van der Waals surface area (Å²) in [5.41, 5.74) is 1.70. The molecule has 0 spiro atoms. The van der Waals surface area contributed by atoms with Crippen LogP contribution in [0.4, 0.5) is 17.1 Å². The molecule has 2 amide bonds. The largest absolute Gasteiger partial charge is 0.332 e. The zero-order valence-electron chi connectivity index (χ0n) is 14.0. The second-order valence-corrected chi connectivity index (χ2v) is 5.83. The van der Waals surface area contributed by atoms with Gasteiger partial charge < -0.3 is 10.6 Å². The molecule has 0 aromatic heterocycles. The molecule has 0 unspecified atom stereocenters. The van der Waals surface area contributed by atoms with Crippen molar-refractivity contribution in [1.82, 2.24) is 5.32 Å². The molecule has 0 saturated heterocycles. The Morgan fingerprint density at radius 2 is 1.62 bits per heavy atom. The number of hydrogen-bond donors (Lipinski definition) is 3. The van der Waals surface area contributed by atoms with E-state index >= 15 is 0 Å². The molecule has 9 heteroatoms. The summed E-state index contributed by atoms with van der Waals surface area (Å²) in [5.74, 6) is -0.735. The monoisotopic (exact) mass is 372 g/mol. The minimum Gasteiger partial charge on any atom is -0.332 e. The first kappa shape index (κ1) is 19.0. The van der Waals surface area contributed by atoms with Gasteiger partial charge in [-0.3, -0.25) is 25.0 Å². The molecule has 3 N–H and O–H groups in total. The van der Waals surface area contributed by atoms with Crippen LogP contribution in [0.3, 0.4) is 0 Å². The third-order valence-corrected chi connectivity index (χ3v) is 3.56. The van der Waals surface area contributed by atoms with E-state index in [0.717, 1.165) is 0 Å². The lowest BCUT2D eigenvalue weighted by molar-refractivity contribution is -0.385. The second kappa shape index (κ2) is 8.17. The van der Waals surface area contributed by atoms with Gasteiger partial charge in [0.25, 0.3) is 11.6 Å². The Morgan fingerprint density at radius 3 is 2.15 bits per heavy atom. The van der Waals surface area contributed by atoms with E-state index in [-0.39, 0.29) is 22.3 Å². The van der Waals surface area contributed by atoms with Crippen molar-refractivity contribution in [3.05, 3.63) is 63.7 Å². The number of aryl methyl sites for hydroxylation is 1. The van der Waals surface area contributed by atoms with Crippen molar-refractivity contribution < 1.29 is 14.5 Å². The molecule has 0 bridgehead atoms. The highest BCUT2D eigenvalue weighted by molar-refractivity contribution is 7.80. The van der Waals surface area contributed by atoms with Gasteiger partial charge in [-0.15, -0.1) is 0 Å². The van der Waals surface area contributed by atoms with Crippen LogP contribution in [0.5, 0.6) is 0 Å². The molecule has 0 saturated carbocycles. The van der Waals surface area contributed by atoms with Crippen LogP contribution in [0.2, 0.25) is 0 Å². The maximum Gasteiger partial charge on any atom is 0.273 e. The SMILES string of the molecule is CC(=O)Nc1ccc(NC(=S)NC(=O)c2ccc(C)c([N+](=O)[O-])c2)cc1. The predicted molar refractivity (Wildman–Crippen MR) is 102 cm³/mol. The van der Waals surface area contributed by atoms with Crippen LogP contribution in [0.25, 0.3) is 0 Å². The number of anilines is 2. The Labute approximate surface area is 154 Å². The van der Waals surface area contributed by atoms with Crippen LogP contribution in [-0.4, -0.2) is 21.9 Å². The van der Waals surface area contributed by atoms with Crippen LogP contribution in [0, 0.1) is 17.0 Å². The first-order valence-corrected chi connectivity index (χ1v) is 7.92. The fourth-order valence-corrected chi connectivity index (χ4v) is 2.34. The van der Waals surface area contributed by atoms with Crippen molar-refractivity contribution >= 4 is 46.2 Å². The lowest BCUT2D eigenvalue weighted by atomic mass is 10.1. The van der Waals surface area contributed by atoms with E-state index in [4.69, 9.17) is 12.2 Å². The van der Waals surface area contributed by atoms with E-state index < -0.39 is 10.8 Å². The van der Waals surface area contributed by atoms with Crippen molar-refractivity contribution in [2.75, 3.05) is 10.6 Å². The van der Waals surface area contributed by atoms with Crippen LogP contribution in [0.15, 0.2) is 42.5 Å². The molecule has 2 aromatic rings. The molecule has 0 aliphatic rings.